The van der Waals surface area contributed by atoms with Crippen molar-refractivity contribution in [3.8, 4) is 0 Å². The highest BCUT2D eigenvalue weighted by Crippen LogP contribution is 2.32. The molecule has 0 atom stereocenters. The molecule has 0 aliphatic carbocycles. The molecule has 0 radical (unpaired) electrons. The second-order valence-electron chi connectivity index (χ2n) is 10.0. The lowest BCUT2D eigenvalue weighted by atomic mass is 9.86. The largest absolute Gasteiger partial charge is 0.235 e. The maximum Gasteiger partial charge on any atom is 0.153 e. The van der Waals surface area contributed by atoms with Gasteiger partial charge in [-0.15, -0.1) is 22.7 Å². The molecular weight excluding hydrogens is 428 g/mol. The fraction of sp³-hybridized carbons (Fsp3) is 0.286. The minimum Gasteiger partial charge on any atom is -0.235 e. The minimum atomic E-state index is 0.0151. The van der Waals surface area contributed by atoms with Gasteiger partial charge in [-0.25, -0.2) is 9.98 Å². The molecule has 3 aromatic carbocycles. The van der Waals surface area contributed by atoms with Crippen molar-refractivity contribution in [2.45, 2.75) is 52.4 Å². The van der Waals surface area contributed by atoms with Crippen LogP contribution in [0.1, 0.15) is 52.7 Å². The van der Waals surface area contributed by atoms with Crippen LogP contribution in [-0.4, -0.2) is 0 Å². The monoisotopic (exact) mass is 458 g/mol. The molecule has 4 aromatic rings. The van der Waals surface area contributed by atoms with E-state index < -0.39 is 0 Å². The van der Waals surface area contributed by atoms with Crippen LogP contribution in [0.5, 0.6) is 0 Å². The summed E-state index contributed by atoms with van der Waals surface area (Å²) < 4.78 is 4.36. The van der Waals surface area contributed by atoms with Gasteiger partial charge in [-0.3, -0.25) is 0 Å². The van der Waals surface area contributed by atoms with Crippen molar-refractivity contribution in [1.29, 1.82) is 0 Å². The lowest BCUT2D eigenvalue weighted by molar-refractivity contribution is 0.590. The molecule has 4 rings (SSSR count). The van der Waals surface area contributed by atoms with E-state index in [0.717, 1.165) is 20.7 Å². The molecule has 4 heteroatoms. The molecule has 0 saturated carbocycles. The summed E-state index contributed by atoms with van der Waals surface area (Å²) in [6, 6.07) is 25.4. The number of hydrogen-bond donors (Lipinski definition) is 0. The molecule has 0 N–H and O–H groups in total. The van der Waals surface area contributed by atoms with Crippen LogP contribution >= 0.6 is 22.7 Å². The zero-order valence-corrected chi connectivity index (χ0v) is 21.3. The second-order valence-corrected chi connectivity index (χ2v) is 12.1. The van der Waals surface area contributed by atoms with Gasteiger partial charge in [-0.05, 0) is 46.2 Å². The maximum atomic E-state index is 5.18. The van der Waals surface area contributed by atoms with Crippen LogP contribution in [0.15, 0.2) is 82.8 Å². The Morgan fingerprint density at radius 3 is 1.22 bits per heavy atom. The van der Waals surface area contributed by atoms with Crippen molar-refractivity contribution in [1.82, 2.24) is 0 Å². The van der Waals surface area contributed by atoms with Gasteiger partial charge in [-0.2, -0.15) is 0 Å². The molecule has 2 nitrogen and oxygen atoms in total. The Hall–Kier alpha value is -2.56. The zero-order valence-electron chi connectivity index (χ0n) is 19.6. The molecule has 0 saturated heterocycles. The van der Waals surface area contributed by atoms with Gasteiger partial charge in [0.15, 0.2) is 9.34 Å². The third-order valence-corrected chi connectivity index (χ3v) is 7.68. The van der Waals surface area contributed by atoms with Crippen molar-refractivity contribution >= 4 is 43.4 Å². The van der Waals surface area contributed by atoms with Crippen molar-refractivity contribution in [2.24, 2.45) is 9.98 Å². The van der Waals surface area contributed by atoms with Crippen molar-refractivity contribution in [3.63, 3.8) is 0 Å². The quantitative estimate of drug-likeness (QED) is 0.290. The summed E-state index contributed by atoms with van der Waals surface area (Å²) in [7, 11) is 0. The number of nitrogens with zero attached hydrogens (tertiary/aromatic N) is 2. The van der Waals surface area contributed by atoms with Crippen LogP contribution < -0.4 is 9.34 Å². The van der Waals surface area contributed by atoms with E-state index in [0.29, 0.717) is 0 Å². The predicted molar refractivity (Wildman–Crippen MR) is 140 cm³/mol. The molecule has 0 aliphatic heterocycles. The lowest BCUT2D eigenvalue weighted by Gasteiger charge is -2.21. The third-order valence-electron chi connectivity index (χ3n) is 5.31. The van der Waals surface area contributed by atoms with E-state index in [-0.39, 0.29) is 10.8 Å². The van der Waals surface area contributed by atoms with E-state index in [2.05, 4.69) is 114 Å². The second kappa shape index (κ2) is 8.76. The van der Waals surface area contributed by atoms with Gasteiger partial charge in [0.2, 0.25) is 0 Å². The smallest absolute Gasteiger partial charge is 0.153 e. The highest BCUT2D eigenvalue weighted by atomic mass is 32.1. The van der Waals surface area contributed by atoms with Crippen LogP contribution in [0.3, 0.4) is 0 Å². The van der Waals surface area contributed by atoms with Gasteiger partial charge in [-0.1, -0.05) is 90.1 Å². The molecule has 32 heavy (non-hydrogen) atoms. The Morgan fingerprint density at radius 1 is 0.500 bits per heavy atom. The van der Waals surface area contributed by atoms with E-state index in [4.69, 9.17) is 9.98 Å². The normalized spacial score (nSPS) is 13.7. The van der Waals surface area contributed by atoms with E-state index in [1.165, 1.54) is 20.5 Å². The molecule has 0 fully saturated rings. The number of benzene rings is 3. The maximum absolute atomic E-state index is 5.18. The minimum absolute atomic E-state index is 0.0151. The zero-order chi connectivity index (χ0) is 22.9. The Labute approximate surface area is 198 Å². The van der Waals surface area contributed by atoms with E-state index in [1.807, 2.05) is 0 Å². The molecule has 1 heterocycles. The van der Waals surface area contributed by atoms with Crippen molar-refractivity contribution < 1.29 is 0 Å². The fourth-order valence-electron chi connectivity index (χ4n) is 3.69. The Bertz CT molecular complexity index is 1290. The Morgan fingerprint density at radius 2 is 0.844 bits per heavy atom. The van der Waals surface area contributed by atoms with Crippen LogP contribution in [0, 0.1) is 0 Å². The van der Waals surface area contributed by atoms with Crippen LogP contribution in [0.25, 0.3) is 9.40 Å². The lowest BCUT2D eigenvalue weighted by Crippen LogP contribution is -2.21. The molecule has 1 aromatic heterocycles. The highest BCUT2D eigenvalue weighted by Gasteiger charge is 2.18. The molecule has 164 valence electrons. The molecular formula is C28H30N2S2. The molecule has 0 amide bonds. The fourth-order valence-corrected chi connectivity index (χ4v) is 5.79. The first-order chi connectivity index (χ1) is 15.1. The number of fused-ring (bicyclic) bond motifs is 1. The standard InChI is InChI=1S/C28H30N2S2/c1-27(2,3)19-13-7-9-15-21(19)29-25-26(32-24-18-12-11-17-23(24)31-25)30-22-16-10-8-14-20(22)28(4,5)6/h7-18H,1-6H3. The van der Waals surface area contributed by atoms with Gasteiger partial charge < -0.3 is 0 Å². The predicted octanol–water partition coefficient (Wildman–Crippen LogP) is 8.02. The van der Waals surface area contributed by atoms with E-state index >= 15 is 0 Å². The molecule has 0 unspecified atom stereocenters. The molecule has 0 aliphatic rings. The Kier molecular flexibility index (Phi) is 6.19. The van der Waals surface area contributed by atoms with Gasteiger partial charge in [0, 0.05) is 9.40 Å². The number of rotatable bonds is 2. The van der Waals surface area contributed by atoms with Gasteiger partial charge in [0.1, 0.15) is 0 Å². The summed E-state index contributed by atoms with van der Waals surface area (Å²) in [6.07, 6.45) is 0. The summed E-state index contributed by atoms with van der Waals surface area (Å²) in [5, 5.41) is 0. The highest BCUT2D eigenvalue weighted by molar-refractivity contribution is 7.25. The third kappa shape index (κ3) is 4.92. The topological polar surface area (TPSA) is 24.7 Å². The summed E-state index contributed by atoms with van der Waals surface area (Å²) in [4.78, 5) is 10.4. The average Bonchev–Trinajstić information content (AvgIpc) is 2.73. The Balaban J connectivity index is 2.06. The first-order valence-corrected chi connectivity index (χ1v) is 12.6. The van der Waals surface area contributed by atoms with E-state index in [1.54, 1.807) is 22.7 Å². The summed E-state index contributed by atoms with van der Waals surface area (Å²) in [6.45, 7) is 13.4. The number of hydrogen-bond acceptors (Lipinski definition) is 4. The first-order valence-electron chi connectivity index (χ1n) is 10.9. The van der Waals surface area contributed by atoms with Gasteiger partial charge in [0.25, 0.3) is 0 Å². The van der Waals surface area contributed by atoms with Crippen molar-refractivity contribution in [3.05, 3.63) is 93.3 Å². The average molecular weight is 459 g/mol. The summed E-state index contributed by atoms with van der Waals surface area (Å²) >= 11 is 3.42. The van der Waals surface area contributed by atoms with Crippen molar-refractivity contribution in [2.75, 3.05) is 0 Å². The summed E-state index contributed by atoms with van der Waals surface area (Å²) in [5.74, 6) is 0. The van der Waals surface area contributed by atoms with Gasteiger partial charge >= 0.3 is 0 Å². The first kappa shape index (κ1) is 22.6. The number of para-hydroxylation sites is 2. The summed E-state index contributed by atoms with van der Waals surface area (Å²) in [5.41, 5.74) is 4.54. The molecule has 0 spiro atoms. The van der Waals surface area contributed by atoms with E-state index in [9.17, 15) is 0 Å². The van der Waals surface area contributed by atoms with Crippen LogP contribution in [0.2, 0.25) is 0 Å². The molecule has 0 bridgehead atoms. The van der Waals surface area contributed by atoms with Gasteiger partial charge in [0.05, 0.1) is 11.4 Å². The van der Waals surface area contributed by atoms with Crippen LogP contribution in [0.4, 0.5) is 11.4 Å². The SMILES string of the molecule is CC(C)(C)c1ccccc1N=c1sc2ccccc2sc1=Nc1ccccc1C(C)(C)C. The van der Waals surface area contributed by atoms with Crippen LogP contribution in [-0.2, 0) is 10.8 Å².